The molecule has 0 heterocycles. The minimum Gasteiger partial charge on any atom is -0.242 e. The molecule has 0 radical (unpaired) electrons. The van der Waals surface area contributed by atoms with Gasteiger partial charge in [0.05, 0.1) is 10.7 Å². The van der Waals surface area contributed by atoms with E-state index in [2.05, 4.69) is 63.8 Å². The van der Waals surface area contributed by atoms with E-state index in [0.717, 1.165) is 21.1 Å². The van der Waals surface area contributed by atoms with Gasteiger partial charge in [0.1, 0.15) is 0 Å². The van der Waals surface area contributed by atoms with E-state index in [4.69, 9.17) is 4.99 Å². The molecule has 0 unspecified atom stereocenters. The van der Waals surface area contributed by atoms with E-state index in [9.17, 15) is 0 Å². The minimum absolute atomic E-state index is 0.849. The Labute approximate surface area is 173 Å². The van der Waals surface area contributed by atoms with Crippen LogP contribution in [0.1, 0.15) is 32.1 Å². The van der Waals surface area contributed by atoms with Crippen LogP contribution in [0, 0.1) is 5.92 Å². The number of rotatable bonds is 6. The molecule has 1 aliphatic rings. The fourth-order valence-electron chi connectivity index (χ4n) is 2.99. The molecule has 0 saturated heterocycles. The smallest absolute Gasteiger partial charge is 0.0972 e. The molecule has 26 heavy (non-hydrogen) atoms. The third-order valence-corrected chi connectivity index (χ3v) is 6.92. The summed E-state index contributed by atoms with van der Waals surface area (Å²) in [6.45, 7) is 0. The fourth-order valence-corrected chi connectivity index (χ4v) is 5.06. The van der Waals surface area contributed by atoms with Crippen LogP contribution in [0.4, 0.5) is 5.69 Å². The van der Waals surface area contributed by atoms with Gasteiger partial charge < -0.3 is 0 Å². The van der Waals surface area contributed by atoms with Crippen LogP contribution in [0.5, 0.6) is 0 Å². The van der Waals surface area contributed by atoms with Crippen LogP contribution in [-0.4, -0.2) is 10.8 Å². The van der Waals surface area contributed by atoms with Crippen molar-refractivity contribution in [1.82, 2.24) is 0 Å². The van der Waals surface area contributed by atoms with Crippen molar-refractivity contribution in [2.45, 2.75) is 37.0 Å². The number of halogens is 1. The fraction of sp³-hybridized carbons (Fsp3) is 0.318. The zero-order valence-corrected chi connectivity index (χ0v) is 18.0. The highest BCUT2D eigenvalue weighted by Crippen LogP contribution is 2.29. The van der Waals surface area contributed by atoms with Gasteiger partial charge in [-0.25, -0.2) is 4.99 Å². The molecule has 0 amide bonds. The predicted molar refractivity (Wildman–Crippen MR) is 122 cm³/mol. The molecule has 0 N–H and O–H groups in total. The van der Waals surface area contributed by atoms with Crippen molar-refractivity contribution in [1.29, 1.82) is 0 Å². The van der Waals surface area contributed by atoms with E-state index in [-0.39, 0.29) is 0 Å². The Kier molecular flexibility index (Phi) is 8.37. The summed E-state index contributed by atoms with van der Waals surface area (Å²) in [6.07, 6.45) is 9.12. The van der Waals surface area contributed by atoms with E-state index in [0.29, 0.717) is 0 Å². The number of hydrogen-bond donors (Lipinski definition) is 0. The second kappa shape index (κ2) is 11.0. The summed E-state index contributed by atoms with van der Waals surface area (Å²) >= 11 is 7.12. The summed E-state index contributed by atoms with van der Waals surface area (Å²) in [7, 11) is 0. The molecule has 4 heteroatoms. The Hall–Kier alpha value is -0.970. The first-order chi connectivity index (χ1) is 12.8. The van der Waals surface area contributed by atoms with Crippen molar-refractivity contribution < 1.29 is 0 Å². The number of benzene rings is 2. The van der Waals surface area contributed by atoms with Gasteiger partial charge in [-0.1, -0.05) is 65.2 Å². The van der Waals surface area contributed by atoms with Crippen molar-refractivity contribution in [2.24, 2.45) is 10.9 Å². The minimum atomic E-state index is 0.849. The molecule has 0 aromatic heterocycles. The molecule has 1 saturated carbocycles. The molecule has 0 spiro atoms. The number of hydrogen-bond acceptors (Lipinski definition) is 3. The highest BCUT2D eigenvalue weighted by atomic mass is 79.9. The van der Waals surface area contributed by atoms with Gasteiger partial charge in [-0.15, -0.1) is 11.8 Å². The van der Waals surface area contributed by atoms with Crippen LogP contribution < -0.4 is 0 Å². The Morgan fingerprint density at radius 1 is 1.00 bits per heavy atom. The maximum Gasteiger partial charge on any atom is 0.0972 e. The van der Waals surface area contributed by atoms with Crippen LogP contribution >= 0.6 is 39.5 Å². The Balaban J connectivity index is 1.64. The third kappa shape index (κ3) is 6.98. The number of nitrogens with zero attached hydrogens (tertiary/aromatic N) is 1. The van der Waals surface area contributed by atoms with Crippen LogP contribution in [0.3, 0.4) is 0 Å². The quantitative estimate of drug-likeness (QED) is 0.252. The Morgan fingerprint density at radius 3 is 2.46 bits per heavy atom. The summed E-state index contributed by atoms with van der Waals surface area (Å²) in [5.41, 5.74) is 1.02. The number of para-hydroxylation sites is 1. The predicted octanol–water partition coefficient (Wildman–Crippen LogP) is 8.10. The summed E-state index contributed by atoms with van der Waals surface area (Å²) in [5.74, 6) is 2.03. The molecule has 1 aliphatic carbocycles. The molecular weight excluding hydrogens is 422 g/mol. The topological polar surface area (TPSA) is 12.4 Å². The van der Waals surface area contributed by atoms with Crippen molar-refractivity contribution in [3.63, 3.8) is 0 Å². The van der Waals surface area contributed by atoms with Crippen LogP contribution in [0.2, 0.25) is 0 Å². The van der Waals surface area contributed by atoms with Crippen molar-refractivity contribution in [3.8, 4) is 0 Å². The molecule has 0 aliphatic heterocycles. The third-order valence-electron chi connectivity index (χ3n) is 4.42. The average molecular weight is 446 g/mol. The summed E-state index contributed by atoms with van der Waals surface area (Å²) in [6, 6.07) is 18.7. The van der Waals surface area contributed by atoms with Gasteiger partial charge >= 0.3 is 0 Å². The number of aliphatic imine (C=N–C) groups is 1. The zero-order valence-electron chi connectivity index (χ0n) is 14.8. The molecule has 0 atom stereocenters. The van der Waals surface area contributed by atoms with E-state index < -0.39 is 0 Å². The van der Waals surface area contributed by atoms with Gasteiger partial charge in [-0.3, -0.25) is 0 Å². The van der Waals surface area contributed by atoms with E-state index >= 15 is 0 Å². The lowest BCUT2D eigenvalue weighted by atomic mass is 9.91. The standard InChI is InChI=1S/C22H24BrNS2/c23-19-11-13-21(14-12-19)25-16-15-22(24-20-9-5-2-6-10-20)26-17-18-7-3-1-4-8-18/h2,5-6,9-16,18H,1,3-4,7-8,17H2. The monoisotopic (exact) mass is 445 g/mol. The second-order valence-corrected chi connectivity index (χ2v) is 9.41. The second-order valence-electron chi connectivity index (χ2n) is 6.48. The SMILES string of the molecule is Brc1ccc(SC=CC(=Nc2ccccc2)SCC2CCCCC2)cc1. The van der Waals surface area contributed by atoms with Crippen LogP contribution in [-0.2, 0) is 0 Å². The van der Waals surface area contributed by atoms with Crippen molar-refractivity contribution in [3.05, 3.63) is 70.6 Å². The van der Waals surface area contributed by atoms with Gasteiger partial charge in [0.25, 0.3) is 0 Å². The van der Waals surface area contributed by atoms with Gasteiger partial charge in [0, 0.05) is 15.1 Å². The van der Waals surface area contributed by atoms with Crippen LogP contribution in [0.25, 0.3) is 0 Å². The molecule has 1 nitrogen and oxygen atoms in total. The van der Waals surface area contributed by atoms with Crippen molar-refractivity contribution >= 4 is 50.2 Å². The summed E-state index contributed by atoms with van der Waals surface area (Å²) in [5, 5.41) is 3.25. The molecule has 136 valence electrons. The van der Waals surface area contributed by atoms with Crippen molar-refractivity contribution in [2.75, 3.05) is 5.75 Å². The highest BCUT2D eigenvalue weighted by Gasteiger charge is 2.14. The summed E-state index contributed by atoms with van der Waals surface area (Å²) in [4.78, 5) is 6.10. The molecule has 0 bridgehead atoms. The largest absolute Gasteiger partial charge is 0.242 e. The first kappa shape index (κ1) is 19.8. The lowest BCUT2D eigenvalue weighted by Crippen LogP contribution is -2.09. The summed E-state index contributed by atoms with van der Waals surface area (Å²) < 4.78 is 1.11. The Morgan fingerprint density at radius 2 is 1.73 bits per heavy atom. The van der Waals surface area contributed by atoms with Gasteiger partial charge in [-0.2, -0.15) is 0 Å². The first-order valence-corrected chi connectivity index (χ1v) is 11.8. The molecular formula is C22H24BrNS2. The van der Waals surface area contributed by atoms with Gasteiger partial charge in [0.15, 0.2) is 0 Å². The number of thioether (sulfide) groups is 2. The molecule has 3 rings (SSSR count). The molecule has 1 fully saturated rings. The van der Waals surface area contributed by atoms with Gasteiger partial charge in [0.2, 0.25) is 0 Å². The zero-order chi connectivity index (χ0) is 18.0. The normalized spacial score (nSPS) is 16.3. The maximum atomic E-state index is 4.86. The Bertz CT molecular complexity index is 720. The molecule has 2 aromatic carbocycles. The molecule has 2 aromatic rings. The maximum absolute atomic E-state index is 4.86. The van der Waals surface area contributed by atoms with E-state index in [1.807, 2.05) is 30.0 Å². The van der Waals surface area contributed by atoms with E-state index in [1.54, 1.807) is 11.8 Å². The lowest BCUT2D eigenvalue weighted by Gasteiger charge is -2.20. The van der Waals surface area contributed by atoms with Crippen LogP contribution in [0.15, 0.2) is 80.4 Å². The van der Waals surface area contributed by atoms with E-state index in [1.165, 1.54) is 42.8 Å². The lowest BCUT2D eigenvalue weighted by molar-refractivity contribution is 0.391. The first-order valence-electron chi connectivity index (χ1n) is 9.15. The highest BCUT2D eigenvalue weighted by molar-refractivity contribution is 9.10. The average Bonchev–Trinajstić information content (AvgIpc) is 2.69. The van der Waals surface area contributed by atoms with Gasteiger partial charge in [-0.05, 0) is 66.6 Å².